The molecule has 0 atom stereocenters. The smallest absolute Gasteiger partial charge is 0.320 e. The highest BCUT2D eigenvalue weighted by Crippen LogP contribution is 2.18. The summed E-state index contributed by atoms with van der Waals surface area (Å²) in [7, 11) is 0. The standard InChI is InChI=1S/C31H42O6/c1-3-5-19-27(20-6-4-2)37-29(32)22-14-13-21-28(30(33)35-23-25-15-9-7-10-16-25)31(34)36-24-26-17-11-8-12-18-26/h7-12,15-18,27-28H,3-6,13-14,19-24H2,1-2H3. The summed E-state index contributed by atoms with van der Waals surface area (Å²) in [4.78, 5) is 38.1. The molecule has 0 spiro atoms. The SMILES string of the molecule is CCCCC(CCCC)OC(=O)CCCCC(C(=O)OCc1ccccc1)C(=O)OCc1ccccc1. The van der Waals surface area contributed by atoms with E-state index >= 15 is 0 Å². The highest BCUT2D eigenvalue weighted by atomic mass is 16.6. The van der Waals surface area contributed by atoms with Crippen molar-refractivity contribution >= 4 is 17.9 Å². The Balaban J connectivity index is 1.87. The van der Waals surface area contributed by atoms with Gasteiger partial charge in [-0.25, -0.2) is 0 Å². The summed E-state index contributed by atoms with van der Waals surface area (Å²) in [6.07, 6.45) is 7.54. The molecule has 0 amide bonds. The van der Waals surface area contributed by atoms with Crippen LogP contribution in [0.4, 0.5) is 0 Å². The van der Waals surface area contributed by atoms with Crippen LogP contribution in [0.2, 0.25) is 0 Å². The molecule has 37 heavy (non-hydrogen) atoms. The lowest BCUT2D eigenvalue weighted by Gasteiger charge is -2.18. The fraction of sp³-hybridized carbons (Fsp3) is 0.516. The molecule has 0 bridgehead atoms. The lowest BCUT2D eigenvalue weighted by Crippen LogP contribution is -2.28. The van der Waals surface area contributed by atoms with Crippen LogP contribution in [-0.2, 0) is 41.8 Å². The molecule has 6 heteroatoms. The number of benzene rings is 2. The molecule has 2 aromatic rings. The Morgan fingerprint density at radius 1 is 0.649 bits per heavy atom. The van der Waals surface area contributed by atoms with Gasteiger partial charge in [-0.2, -0.15) is 0 Å². The Labute approximate surface area is 221 Å². The lowest BCUT2D eigenvalue weighted by molar-refractivity contribution is -0.164. The maximum absolute atomic E-state index is 12.8. The average Bonchev–Trinajstić information content (AvgIpc) is 2.93. The van der Waals surface area contributed by atoms with Crippen LogP contribution < -0.4 is 0 Å². The Hall–Kier alpha value is -3.15. The second-order valence-corrected chi connectivity index (χ2v) is 9.38. The lowest BCUT2D eigenvalue weighted by atomic mass is 10.0. The third kappa shape index (κ3) is 12.6. The van der Waals surface area contributed by atoms with Gasteiger partial charge in [0.05, 0.1) is 0 Å². The molecule has 0 heterocycles. The second-order valence-electron chi connectivity index (χ2n) is 9.38. The molecule has 2 rings (SSSR count). The number of hydrogen-bond donors (Lipinski definition) is 0. The monoisotopic (exact) mass is 510 g/mol. The predicted octanol–water partition coefficient (Wildman–Crippen LogP) is 6.94. The second kappa shape index (κ2) is 18.1. The number of ether oxygens (including phenoxy) is 3. The van der Waals surface area contributed by atoms with Gasteiger partial charge in [0, 0.05) is 6.42 Å². The molecular formula is C31H42O6. The van der Waals surface area contributed by atoms with Gasteiger partial charge in [0.15, 0.2) is 5.92 Å². The third-order valence-electron chi connectivity index (χ3n) is 6.20. The third-order valence-corrected chi connectivity index (χ3v) is 6.20. The van der Waals surface area contributed by atoms with E-state index in [0.29, 0.717) is 12.8 Å². The quantitative estimate of drug-likeness (QED) is 0.0935. The van der Waals surface area contributed by atoms with Crippen molar-refractivity contribution in [2.24, 2.45) is 5.92 Å². The molecule has 0 radical (unpaired) electrons. The molecule has 0 aromatic heterocycles. The maximum atomic E-state index is 12.8. The largest absolute Gasteiger partial charge is 0.462 e. The number of rotatable bonds is 18. The molecule has 0 aliphatic carbocycles. The van der Waals surface area contributed by atoms with Crippen molar-refractivity contribution in [3.63, 3.8) is 0 Å². The van der Waals surface area contributed by atoms with Crippen LogP contribution in [0.15, 0.2) is 60.7 Å². The topological polar surface area (TPSA) is 78.9 Å². The van der Waals surface area contributed by atoms with E-state index in [0.717, 1.165) is 49.7 Å². The van der Waals surface area contributed by atoms with Crippen LogP contribution in [-0.4, -0.2) is 24.0 Å². The summed E-state index contributed by atoms with van der Waals surface area (Å²) in [5, 5.41) is 0. The van der Waals surface area contributed by atoms with Crippen LogP contribution in [0.25, 0.3) is 0 Å². The molecule has 0 unspecified atom stereocenters. The van der Waals surface area contributed by atoms with Gasteiger partial charge >= 0.3 is 17.9 Å². The van der Waals surface area contributed by atoms with Crippen molar-refractivity contribution in [3.8, 4) is 0 Å². The Bertz CT molecular complexity index is 848. The molecule has 0 saturated heterocycles. The Morgan fingerprint density at radius 2 is 1.14 bits per heavy atom. The zero-order chi connectivity index (χ0) is 26.7. The van der Waals surface area contributed by atoms with E-state index in [1.807, 2.05) is 60.7 Å². The van der Waals surface area contributed by atoms with E-state index in [1.165, 1.54) is 0 Å². The number of carbonyl (C=O) groups is 3. The molecular weight excluding hydrogens is 468 g/mol. The molecule has 2 aromatic carbocycles. The first-order valence-electron chi connectivity index (χ1n) is 13.6. The van der Waals surface area contributed by atoms with Gasteiger partial charge in [-0.05, 0) is 36.8 Å². The van der Waals surface area contributed by atoms with E-state index in [2.05, 4.69) is 13.8 Å². The zero-order valence-electron chi connectivity index (χ0n) is 22.4. The number of carbonyl (C=O) groups excluding carboxylic acids is 3. The minimum absolute atomic E-state index is 0.0268. The molecule has 202 valence electrons. The molecule has 0 aliphatic heterocycles. The molecule has 0 aliphatic rings. The summed E-state index contributed by atoms with van der Waals surface area (Å²) < 4.78 is 16.6. The first-order valence-corrected chi connectivity index (χ1v) is 13.6. The molecule has 0 saturated carbocycles. The number of esters is 3. The molecule has 0 N–H and O–H groups in total. The summed E-state index contributed by atoms with van der Waals surface area (Å²) >= 11 is 0. The highest BCUT2D eigenvalue weighted by molar-refractivity contribution is 5.94. The van der Waals surface area contributed by atoms with Crippen LogP contribution in [0.1, 0.15) is 89.2 Å². The fourth-order valence-corrected chi connectivity index (χ4v) is 3.98. The minimum Gasteiger partial charge on any atom is -0.462 e. The molecule has 0 fully saturated rings. The van der Waals surface area contributed by atoms with Gasteiger partial charge in [0.25, 0.3) is 0 Å². The van der Waals surface area contributed by atoms with E-state index in [4.69, 9.17) is 14.2 Å². The van der Waals surface area contributed by atoms with E-state index in [9.17, 15) is 14.4 Å². The normalized spacial score (nSPS) is 10.9. The van der Waals surface area contributed by atoms with Gasteiger partial charge in [-0.15, -0.1) is 0 Å². The van der Waals surface area contributed by atoms with Crippen molar-refractivity contribution < 1.29 is 28.6 Å². The van der Waals surface area contributed by atoms with E-state index in [-0.39, 0.29) is 38.1 Å². The van der Waals surface area contributed by atoms with Gasteiger partial charge in [0.1, 0.15) is 19.3 Å². The van der Waals surface area contributed by atoms with Crippen molar-refractivity contribution in [2.75, 3.05) is 0 Å². The van der Waals surface area contributed by atoms with Gasteiger partial charge < -0.3 is 14.2 Å². The van der Waals surface area contributed by atoms with Crippen LogP contribution >= 0.6 is 0 Å². The van der Waals surface area contributed by atoms with Gasteiger partial charge in [0.2, 0.25) is 0 Å². The zero-order valence-corrected chi connectivity index (χ0v) is 22.4. The number of unbranched alkanes of at least 4 members (excludes halogenated alkanes) is 3. The summed E-state index contributed by atoms with van der Waals surface area (Å²) in [6, 6.07) is 18.7. The predicted molar refractivity (Wildman–Crippen MR) is 143 cm³/mol. The maximum Gasteiger partial charge on any atom is 0.320 e. The van der Waals surface area contributed by atoms with Gasteiger partial charge in [-0.3, -0.25) is 14.4 Å². The summed E-state index contributed by atoms with van der Waals surface area (Å²) in [6.45, 7) is 4.44. The van der Waals surface area contributed by atoms with Crippen molar-refractivity contribution in [3.05, 3.63) is 71.8 Å². The van der Waals surface area contributed by atoms with Crippen molar-refractivity contribution in [1.82, 2.24) is 0 Å². The van der Waals surface area contributed by atoms with E-state index in [1.54, 1.807) is 0 Å². The fourth-order valence-electron chi connectivity index (χ4n) is 3.98. The van der Waals surface area contributed by atoms with Gasteiger partial charge in [-0.1, -0.05) is 107 Å². The first kappa shape index (κ1) is 30.1. The molecule has 6 nitrogen and oxygen atoms in total. The Morgan fingerprint density at radius 3 is 1.59 bits per heavy atom. The summed E-state index contributed by atoms with van der Waals surface area (Å²) in [5.74, 6) is -2.47. The average molecular weight is 511 g/mol. The van der Waals surface area contributed by atoms with Crippen molar-refractivity contribution in [2.45, 2.75) is 97.4 Å². The summed E-state index contributed by atoms with van der Waals surface area (Å²) in [5.41, 5.74) is 1.69. The van der Waals surface area contributed by atoms with E-state index < -0.39 is 17.9 Å². The number of hydrogen-bond acceptors (Lipinski definition) is 6. The van der Waals surface area contributed by atoms with Crippen molar-refractivity contribution in [1.29, 1.82) is 0 Å². The minimum atomic E-state index is -1.04. The van der Waals surface area contributed by atoms with Crippen LogP contribution in [0.5, 0.6) is 0 Å². The Kier molecular flexibility index (Phi) is 14.8. The first-order chi connectivity index (χ1) is 18.0. The highest BCUT2D eigenvalue weighted by Gasteiger charge is 2.29. The van der Waals surface area contributed by atoms with Crippen LogP contribution in [0.3, 0.4) is 0 Å². The van der Waals surface area contributed by atoms with Crippen LogP contribution in [0, 0.1) is 5.92 Å².